The third-order valence-electron chi connectivity index (χ3n) is 4.63. The van der Waals surface area contributed by atoms with Gasteiger partial charge in [0.05, 0.1) is 18.7 Å². The van der Waals surface area contributed by atoms with E-state index in [1.807, 2.05) is 0 Å². The molecule has 8 heteroatoms. The van der Waals surface area contributed by atoms with Crippen LogP contribution in [0.1, 0.15) is 19.3 Å². The Hall–Kier alpha value is -1.67. The van der Waals surface area contributed by atoms with Crippen LogP contribution in [-0.4, -0.2) is 89.1 Å². The summed E-state index contributed by atoms with van der Waals surface area (Å²) in [5, 5.41) is 13.0. The second-order valence-corrected chi connectivity index (χ2v) is 6.41. The second-order valence-electron chi connectivity index (χ2n) is 6.41. The summed E-state index contributed by atoms with van der Waals surface area (Å²) in [6.07, 6.45) is 2.85. The molecule has 3 rings (SSSR count). The van der Waals surface area contributed by atoms with Gasteiger partial charge in [0, 0.05) is 13.1 Å². The minimum atomic E-state index is -0.878. The molecule has 4 amide bonds. The number of imide groups is 1. The predicted molar refractivity (Wildman–Crippen MR) is 76.9 cm³/mol. The van der Waals surface area contributed by atoms with Crippen molar-refractivity contribution in [3.05, 3.63) is 0 Å². The molecular weight excluding hydrogens is 288 g/mol. The number of amides is 4. The zero-order valence-electron chi connectivity index (χ0n) is 12.6. The first-order valence-corrected chi connectivity index (χ1v) is 7.78. The van der Waals surface area contributed by atoms with Crippen molar-refractivity contribution in [2.45, 2.75) is 24.9 Å². The number of aliphatic hydroxyl groups is 1. The summed E-state index contributed by atoms with van der Waals surface area (Å²) in [5.74, 6) is -0.673. The number of carbonyl (C=O) groups is 3. The molecule has 0 spiro atoms. The maximum atomic E-state index is 12.2. The Morgan fingerprint density at radius 1 is 1.23 bits per heavy atom. The maximum Gasteiger partial charge on any atom is 0.325 e. The summed E-state index contributed by atoms with van der Waals surface area (Å²) in [4.78, 5) is 39.9. The summed E-state index contributed by atoms with van der Waals surface area (Å²) < 4.78 is 0. The molecule has 3 fully saturated rings. The molecule has 0 bridgehead atoms. The highest BCUT2D eigenvalue weighted by atomic mass is 16.3. The number of hydrogen-bond donors (Lipinski definition) is 2. The van der Waals surface area contributed by atoms with Crippen molar-refractivity contribution in [3.8, 4) is 0 Å². The molecule has 22 heavy (non-hydrogen) atoms. The minimum Gasteiger partial charge on any atom is -0.387 e. The van der Waals surface area contributed by atoms with E-state index in [4.69, 9.17) is 0 Å². The molecule has 0 aliphatic carbocycles. The Bertz CT molecular complexity index is 475. The van der Waals surface area contributed by atoms with Gasteiger partial charge in [-0.1, -0.05) is 0 Å². The van der Waals surface area contributed by atoms with Crippen LogP contribution in [0.5, 0.6) is 0 Å². The van der Waals surface area contributed by atoms with E-state index in [0.29, 0.717) is 19.5 Å². The van der Waals surface area contributed by atoms with Crippen LogP contribution in [0.25, 0.3) is 0 Å². The van der Waals surface area contributed by atoms with Crippen molar-refractivity contribution >= 4 is 17.8 Å². The Morgan fingerprint density at radius 3 is 2.59 bits per heavy atom. The van der Waals surface area contributed by atoms with E-state index in [1.54, 1.807) is 4.90 Å². The van der Waals surface area contributed by atoms with Gasteiger partial charge in [0.1, 0.15) is 6.54 Å². The molecule has 122 valence electrons. The highest BCUT2D eigenvalue weighted by Crippen LogP contribution is 2.24. The molecule has 3 saturated heterocycles. The molecule has 1 unspecified atom stereocenters. The fourth-order valence-electron chi connectivity index (χ4n) is 3.41. The summed E-state index contributed by atoms with van der Waals surface area (Å²) in [6, 6.07) is -0.523. The van der Waals surface area contributed by atoms with Gasteiger partial charge in [-0.3, -0.25) is 14.5 Å². The van der Waals surface area contributed by atoms with E-state index in [0.717, 1.165) is 30.8 Å². The first-order chi connectivity index (χ1) is 10.5. The molecule has 0 aromatic rings. The van der Waals surface area contributed by atoms with Crippen molar-refractivity contribution in [3.63, 3.8) is 0 Å². The topological polar surface area (TPSA) is 93.2 Å². The Labute approximate surface area is 129 Å². The number of carbonyl (C=O) groups excluding carboxylic acids is 3. The van der Waals surface area contributed by atoms with Crippen molar-refractivity contribution in [1.29, 1.82) is 0 Å². The lowest BCUT2D eigenvalue weighted by Gasteiger charge is -2.28. The van der Waals surface area contributed by atoms with Gasteiger partial charge in [-0.25, -0.2) is 4.79 Å². The van der Waals surface area contributed by atoms with Gasteiger partial charge in [0.25, 0.3) is 5.91 Å². The maximum absolute atomic E-state index is 12.2. The SMILES string of the molecule is O=C(CN1C(=O)CNC1=O)N1CCC(O)(CN2CCCC2)C1. The molecule has 0 aromatic carbocycles. The van der Waals surface area contributed by atoms with E-state index in [9.17, 15) is 19.5 Å². The third kappa shape index (κ3) is 3.07. The number of likely N-dealkylation sites (tertiary alicyclic amines) is 2. The molecule has 2 N–H and O–H groups in total. The Balaban J connectivity index is 1.54. The molecular formula is C14H22N4O4. The van der Waals surface area contributed by atoms with Gasteiger partial charge >= 0.3 is 6.03 Å². The van der Waals surface area contributed by atoms with Crippen LogP contribution in [0.3, 0.4) is 0 Å². The minimum absolute atomic E-state index is 0.0506. The summed E-state index contributed by atoms with van der Waals surface area (Å²) in [5.41, 5.74) is -0.878. The lowest BCUT2D eigenvalue weighted by Crippen LogP contribution is -2.47. The average Bonchev–Trinajstić information content (AvgIpc) is 3.17. The molecule has 0 saturated carbocycles. The predicted octanol–water partition coefficient (Wildman–Crippen LogP) is -1.40. The van der Waals surface area contributed by atoms with Gasteiger partial charge in [-0.15, -0.1) is 0 Å². The van der Waals surface area contributed by atoms with Crippen LogP contribution in [0.2, 0.25) is 0 Å². The smallest absolute Gasteiger partial charge is 0.325 e. The molecule has 3 aliphatic heterocycles. The molecule has 8 nitrogen and oxygen atoms in total. The van der Waals surface area contributed by atoms with E-state index in [-0.39, 0.29) is 31.4 Å². The number of hydrogen-bond acceptors (Lipinski definition) is 5. The number of β-amino-alcohol motifs (C(OH)–C–C–N with tert-alkyl or cyclic N) is 1. The fraction of sp³-hybridized carbons (Fsp3) is 0.786. The van der Waals surface area contributed by atoms with E-state index < -0.39 is 11.6 Å². The zero-order valence-corrected chi connectivity index (χ0v) is 12.6. The summed E-state index contributed by atoms with van der Waals surface area (Å²) >= 11 is 0. The average molecular weight is 310 g/mol. The quantitative estimate of drug-likeness (QED) is 0.623. The Kier molecular flexibility index (Phi) is 4.05. The lowest BCUT2D eigenvalue weighted by atomic mass is 10.0. The van der Waals surface area contributed by atoms with E-state index >= 15 is 0 Å². The number of nitrogens with one attached hydrogen (secondary N) is 1. The van der Waals surface area contributed by atoms with Crippen LogP contribution < -0.4 is 5.32 Å². The summed E-state index contributed by atoms with van der Waals surface area (Å²) in [6.45, 7) is 3.02. The highest BCUT2D eigenvalue weighted by molar-refractivity contribution is 6.04. The summed E-state index contributed by atoms with van der Waals surface area (Å²) in [7, 11) is 0. The molecule has 0 aromatic heterocycles. The van der Waals surface area contributed by atoms with Gasteiger partial charge in [-0.2, -0.15) is 0 Å². The molecule has 1 atom stereocenters. The zero-order chi connectivity index (χ0) is 15.7. The van der Waals surface area contributed by atoms with Crippen molar-refractivity contribution in [2.24, 2.45) is 0 Å². The molecule has 3 aliphatic rings. The van der Waals surface area contributed by atoms with Crippen molar-refractivity contribution < 1.29 is 19.5 Å². The van der Waals surface area contributed by atoms with Crippen LogP contribution in [0.15, 0.2) is 0 Å². The molecule has 3 heterocycles. The molecule has 0 radical (unpaired) electrons. The number of nitrogens with zero attached hydrogens (tertiary/aromatic N) is 3. The number of urea groups is 1. The highest BCUT2D eigenvalue weighted by Gasteiger charge is 2.41. The normalized spacial score (nSPS) is 29.5. The third-order valence-corrected chi connectivity index (χ3v) is 4.63. The van der Waals surface area contributed by atoms with Gasteiger partial charge < -0.3 is 20.2 Å². The van der Waals surface area contributed by atoms with Crippen LogP contribution >= 0.6 is 0 Å². The van der Waals surface area contributed by atoms with Crippen molar-refractivity contribution in [2.75, 3.05) is 45.8 Å². The monoisotopic (exact) mass is 310 g/mol. The lowest BCUT2D eigenvalue weighted by molar-refractivity contribution is -0.136. The van der Waals surface area contributed by atoms with Gasteiger partial charge in [-0.05, 0) is 32.4 Å². The van der Waals surface area contributed by atoms with Gasteiger partial charge in [0.2, 0.25) is 5.91 Å². The fourth-order valence-corrected chi connectivity index (χ4v) is 3.41. The van der Waals surface area contributed by atoms with Crippen molar-refractivity contribution in [1.82, 2.24) is 20.0 Å². The van der Waals surface area contributed by atoms with E-state index in [2.05, 4.69) is 10.2 Å². The second kappa shape index (κ2) is 5.85. The Morgan fingerprint density at radius 2 is 1.95 bits per heavy atom. The first kappa shape index (κ1) is 15.2. The number of rotatable bonds is 4. The van der Waals surface area contributed by atoms with E-state index in [1.165, 1.54) is 0 Å². The van der Waals surface area contributed by atoms with Crippen LogP contribution in [-0.2, 0) is 9.59 Å². The largest absolute Gasteiger partial charge is 0.387 e. The first-order valence-electron chi connectivity index (χ1n) is 7.78. The van der Waals surface area contributed by atoms with Crippen LogP contribution in [0.4, 0.5) is 4.79 Å². The van der Waals surface area contributed by atoms with Gasteiger partial charge in [0.15, 0.2) is 0 Å². The standard InChI is InChI=1S/C14H22N4O4/c19-11-7-15-13(21)18(11)8-12(20)17-6-3-14(22,10-17)9-16-4-1-2-5-16/h22H,1-10H2,(H,15,21). The van der Waals surface area contributed by atoms with Crippen LogP contribution in [0, 0.1) is 0 Å².